The van der Waals surface area contributed by atoms with Crippen LogP contribution in [0.5, 0.6) is 0 Å². The van der Waals surface area contributed by atoms with Crippen LogP contribution in [0.25, 0.3) is 0 Å². The molecule has 1 atom stereocenters. The van der Waals surface area contributed by atoms with Crippen molar-refractivity contribution in [3.05, 3.63) is 12.7 Å². The lowest BCUT2D eigenvalue weighted by Crippen LogP contribution is -2.48. The minimum Gasteiger partial charge on any atom is -0.453 e. The van der Waals surface area contributed by atoms with Gasteiger partial charge in [-0.2, -0.15) is 0 Å². The van der Waals surface area contributed by atoms with Crippen LogP contribution in [0.4, 0.5) is 9.59 Å². The van der Waals surface area contributed by atoms with Gasteiger partial charge in [0.25, 0.3) is 0 Å². The van der Waals surface area contributed by atoms with Crippen molar-refractivity contribution < 1.29 is 28.7 Å². The average molecular weight is 354 g/mol. The molecule has 8 heteroatoms. The fraction of sp³-hybridized carbons (Fsp3) is 0.647. The standard InChI is InChI=1S/C10H15NO3.C7H11NO3/c1-3-5-8-9(12)6-4-7-11(8)10(13)14-2;1-11-7(10)8-4-2-3-6(9)5-8/h3,8H,1,4-7H2,2H3;2-5H2,1H3. The Bertz CT molecular complexity index is 519. The number of ketones is 2. The van der Waals surface area contributed by atoms with E-state index in [-0.39, 0.29) is 24.2 Å². The highest BCUT2D eigenvalue weighted by Crippen LogP contribution is 2.17. The van der Waals surface area contributed by atoms with Crippen molar-refractivity contribution in [2.24, 2.45) is 0 Å². The van der Waals surface area contributed by atoms with Gasteiger partial charge in [0.2, 0.25) is 0 Å². The fourth-order valence-electron chi connectivity index (χ4n) is 2.80. The predicted molar refractivity (Wildman–Crippen MR) is 90.2 cm³/mol. The van der Waals surface area contributed by atoms with Crippen LogP contribution in [-0.4, -0.2) is 73.4 Å². The Morgan fingerprint density at radius 1 is 1.12 bits per heavy atom. The number of nitrogens with zero attached hydrogens (tertiary/aromatic N) is 2. The molecule has 0 aromatic rings. The van der Waals surface area contributed by atoms with Gasteiger partial charge in [-0.3, -0.25) is 14.5 Å². The molecule has 2 rings (SSSR count). The summed E-state index contributed by atoms with van der Waals surface area (Å²) in [5.41, 5.74) is 0. The number of Topliss-reactive ketones (excluding diaryl/α,β-unsaturated/α-hetero) is 2. The maximum absolute atomic E-state index is 11.5. The molecule has 0 spiro atoms. The van der Waals surface area contributed by atoms with Gasteiger partial charge < -0.3 is 14.4 Å². The molecule has 0 bridgehead atoms. The molecule has 8 nitrogen and oxygen atoms in total. The molecule has 25 heavy (non-hydrogen) atoms. The molecular formula is C17H26N2O6. The molecule has 2 amide bonds. The lowest BCUT2D eigenvalue weighted by atomic mass is 9.98. The van der Waals surface area contributed by atoms with Crippen LogP contribution in [0.15, 0.2) is 12.7 Å². The zero-order valence-electron chi connectivity index (χ0n) is 14.9. The van der Waals surface area contributed by atoms with Crippen LogP contribution in [-0.2, 0) is 19.1 Å². The number of hydrogen-bond acceptors (Lipinski definition) is 6. The first-order valence-corrected chi connectivity index (χ1v) is 8.27. The Hall–Kier alpha value is -2.38. The molecule has 2 saturated heterocycles. The van der Waals surface area contributed by atoms with Crippen LogP contribution >= 0.6 is 0 Å². The van der Waals surface area contributed by atoms with Crippen LogP contribution in [0.1, 0.15) is 32.1 Å². The number of carbonyl (C=O) groups is 4. The normalized spacial score (nSPS) is 20.3. The first-order chi connectivity index (χ1) is 11.9. The van der Waals surface area contributed by atoms with Crippen molar-refractivity contribution in [2.75, 3.05) is 33.9 Å². The lowest BCUT2D eigenvalue weighted by Gasteiger charge is -2.32. The number of methoxy groups -OCH3 is 2. The second-order valence-electron chi connectivity index (χ2n) is 5.81. The van der Waals surface area contributed by atoms with E-state index in [4.69, 9.17) is 0 Å². The van der Waals surface area contributed by atoms with E-state index in [0.717, 1.165) is 12.8 Å². The van der Waals surface area contributed by atoms with Gasteiger partial charge in [0, 0.05) is 25.9 Å². The number of ether oxygens (including phenoxy) is 2. The quantitative estimate of drug-likeness (QED) is 0.702. The third-order valence-corrected chi connectivity index (χ3v) is 4.05. The Balaban J connectivity index is 0.000000257. The zero-order chi connectivity index (χ0) is 18.8. The van der Waals surface area contributed by atoms with E-state index in [1.807, 2.05) is 0 Å². The van der Waals surface area contributed by atoms with Crippen molar-refractivity contribution in [3.63, 3.8) is 0 Å². The van der Waals surface area contributed by atoms with Gasteiger partial charge in [-0.1, -0.05) is 6.08 Å². The summed E-state index contributed by atoms with van der Waals surface area (Å²) in [6.45, 7) is 5.02. The summed E-state index contributed by atoms with van der Waals surface area (Å²) in [5.74, 6) is 0.211. The first kappa shape index (κ1) is 20.7. The second-order valence-corrected chi connectivity index (χ2v) is 5.81. The van der Waals surface area contributed by atoms with Crippen molar-refractivity contribution >= 4 is 23.8 Å². The number of amides is 2. The smallest absolute Gasteiger partial charge is 0.410 e. The van der Waals surface area contributed by atoms with Crippen molar-refractivity contribution in [1.29, 1.82) is 0 Å². The van der Waals surface area contributed by atoms with E-state index in [9.17, 15) is 19.2 Å². The third-order valence-electron chi connectivity index (χ3n) is 4.05. The van der Waals surface area contributed by atoms with E-state index in [2.05, 4.69) is 16.1 Å². The van der Waals surface area contributed by atoms with Crippen LogP contribution in [0.3, 0.4) is 0 Å². The molecular weight excluding hydrogens is 328 g/mol. The van der Waals surface area contributed by atoms with Crippen LogP contribution < -0.4 is 0 Å². The fourth-order valence-corrected chi connectivity index (χ4v) is 2.80. The van der Waals surface area contributed by atoms with Gasteiger partial charge >= 0.3 is 12.2 Å². The minimum absolute atomic E-state index is 0.0987. The van der Waals surface area contributed by atoms with E-state index < -0.39 is 12.2 Å². The molecule has 0 aliphatic carbocycles. The Labute approximate surface area is 147 Å². The Morgan fingerprint density at radius 3 is 2.32 bits per heavy atom. The highest BCUT2D eigenvalue weighted by Gasteiger charge is 2.32. The van der Waals surface area contributed by atoms with Crippen molar-refractivity contribution in [2.45, 2.75) is 38.1 Å². The summed E-state index contributed by atoms with van der Waals surface area (Å²) in [5, 5.41) is 0. The largest absolute Gasteiger partial charge is 0.453 e. The molecule has 0 aromatic carbocycles. The number of rotatable bonds is 2. The van der Waals surface area contributed by atoms with E-state index in [0.29, 0.717) is 32.4 Å². The monoisotopic (exact) mass is 354 g/mol. The van der Waals surface area contributed by atoms with Gasteiger partial charge in [-0.05, 0) is 19.3 Å². The zero-order valence-corrected chi connectivity index (χ0v) is 14.9. The van der Waals surface area contributed by atoms with Gasteiger partial charge in [0.15, 0.2) is 11.6 Å². The second kappa shape index (κ2) is 10.5. The van der Waals surface area contributed by atoms with E-state index >= 15 is 0 Å². The predicted octanol–water partition coefficient (Wildman–Crippen LogP) is 1.78. The third kappa shape index (κ3) is 6.21. The lowest BCUT2D eigenvalue weighted by molar-refractivity contribution is -0.126. The summed E-state index contributed by atoms with van der Waals surface area (Å²) in [4.78, 5) is 47.4. The molecule has 2 fully saturated rings. The molecule has 0 N–H and O–H groups in total. The van der Waals surface area contributed by atoms with Crippen molar-refractivity contribution in [3.8, 4) is 0 Å². The molecule has 0 radical (unpaired) electrons. The van der Waals surface area contributed by atoms with Crippen molar-refractivity contribution in [1.82, 2.24) is 9.80 Å². The summed E-state index contributed by atoms with van der Waals surface area (Å²) in [7, 11) is 2.65. The molecule has 1 unspecified atom stereocenters. The van der Waals surface area contributed by atoms with Gasteiger partial charge in [0.1, 0.15) is 0 Å². The highest BCUT2D eigenvalue weighted by molar-refractivity contribution is 5.88. The Morgan fingerprint density at radius 2 is 1.76 bits per heavy atom. The highest BCUT2D eigenvalue weighted by atomic mass is 16.5. The van der Waals surface area contributed by atoms with E-state index in [1.165, 1.54) is 24.0 Å². The maximum atomic E-state index is 11.5. The van der Waals surface area contributed by atoms with E-state index in [1.54, 1.807) is 6.08 Å². The molecule has 2 aliphatic heterocycles. The number of carbonyl (C=O) groups excluding carboxylic acids is 4. The minimum atomic E-state index is -0.426. The van der Waals surface area contributed by atoms with Gasteiger partial charge in [-0.25, -0.2) is 9.59 Å². The van der Waals surface area contributed by atoms with Gasteiger partial charge in [-0.15, -0.1) is 6.58 Å². The summed E-state index contributed by atoms with van der Waals surface area (Å²) in [6, 6.07) is -0.367. The average Bonchev–Trinajstić information content (AvgIpc) is 2.62. The molecule has 2 heterocycles. The maximum Gasteiger partial charge on any atom is 0.410 e. The molecule has 0 aromatic heterocycles. The number of hydrogen-bond donors (Lipinski definition) is 0. The molecule has 0 saturated carbocycles. The van der Waals surface area contributed by atoms with Crippen LogP contribution in [0.2, 0.25) is 0 Å². The summed E-state index contributed by atoms with van der Waals surface area (Å²) < 4.78 is 9.09. The number of likely N-dealkylation sites (tertiary alicyclic amines) is 2. The van der Waals surface area contributed by atoms with Crippen LogP contribution in [0, 0.1) is 0 Å². The first-order valence-electron chi connectivity index (χ1n) is 8.27. The van der Waals surface area contributed by atoms with Gasteiger partial charge in [0.05, 0.1) is 26.8 Å². The summed E-state index contributed by atoms with van der Waals surface area (Å²) >= 11 is 0. The Kier molecular flexibility index (Phi) is 8.66. The summed E-state index contributed by atoms with van der Waals surface area (Å²) in [6.07, 6.45) is 3.95. The number of piperidine rings is 2. The SMILES string of the molecule is C=CCC1C(=O)CCCN1C(=O)OC.COC(=O)N1CCCC(=O)C1. The molecule has 140 valence electrons. The molecule has 2 aliphatic rings. The topological polar surface area (TPSA) is 93.2 Å².